The monoisotopic (exact) mass is 475 g/mol. The molecule has 0 unspecified atom stereocenters. The molecule has 0 aliphatic carbocycles. The number of hydrogen-bond acceptors (Lipinski definition) is 2. The van der Waals surface area contributed by atoms with Gasteiger partial charge in [0.05, 0.1) is 12.7 Å². The Morgan fingerprint density at radius 3 is 1.79 bits per heavy atom. The Hall–Kier alpha value is -2.93. The highest BCUT2D eigenvalue weighted by Gasteiger charge is 2.20. The average Bonchev–Trinajstić information content (AvgIpc) is 2.78. The molecule has 34 heavy (non-hydrogen) atoms. The van der Waals surface area contributed by atoms with Gasteiger partial charge in [-0.2, -0.15) is 0 Å². The van der Waals surface area contributed by atoms with E-state index >= 15 is 0 Å². The minimum absolute atomic E-state index is 0.650. The van der Waals surface area contributed by atoms with E-state index in [1.54, 1.807) is 0 Å². The highest BCUT2D eigenvalue weighted by Crippen LogP contribution is 2.21. The van der Waals surface area contributed by atoms with Crippen molar-refractivity contribution in [1.82, 2.24) is 4.90 Å². The molecule has 0 radical (unpaired) electrons. The topological polar surface area (TPSA) is 12.5 Å². The summed E-state index contributed by atoms with van der Waals surface area (Å²) in [5, 5.41) is 0. The molecule has 0 atom stereocenters. The van der Waals surface area contributed by atoms with Crippen LogP contribution in [0.5, 0.6) is 0 Å². The zero-order chi connectivity index (χ0) is 25.6. The molecule has 0 aliphatic rings. The van der Waals surface area contributed by atoms with Crippen LogP contribution < -0.4 is 0 Å². The molecule has 0 spiro atoms. The SMILES string of the molecule is CCO[C+](/C=C/C=C/C=C(\c1ccc(C)cc1)N(CC)CC)c1ccc(C)cc1.F[B-](F)(F)F. The predicted molar refractivity (Wildman–Crippen MR) is 136 cm³/mol. The molecule has 2 rings (SSSR count). The molecule has 0 saturated heterocycles. The standard InChI is InChI=1S/C27H34NO.BF4/c1-6-28(7-2)26(24-18-14-22(4)15-19-24)12-10-9-11-13-27(29-8-3)25-20-16-23(5)17-21-25;2-1(3,4)5/h9-21H,6-8H2,1-5H3;/q+1;-1/b10-9+,13-11+,26-12+;. The molecule has 0 amide bonds. The molecule has 2 aromatic rings. The molecule has 0 aromatic heterocycles. The summed E-state index contributed by atoms with van der Waals surface area (Å²) in [6, 6.07) is 17.1. The van der Waals surface area contributed by atoms with Gasteiger partial charge in [0, 0.05) is 37.0 Å². The van der Waals surface area contributed by atoms with Gasteiger partial charge in [0.25, 0.3) is 0 Å². The molecule has 7 heteroatoms. The largest absolute Gasteiger partial charge is 0.673 e. The van der Waals surface area contributed by atoms with E-state index in [4.69, 9.17) is 4.74 Å². The average molecular weight is 475 g/mol. The molecule has 0 heterocycles. The van der Waals surface area contributed by atoms with Crippen molar-refractivity contribution in [3.8, 4) is 0 Å². The summed E-state index contributed by atoms with van der Waals surface area (Å²) in [5.74, 6) is 0. The number of rotatable bonds is 10. The number of ether oxygens (including phenoxy) is 1. The predicted octanol–water partition coefficient (Wildman–Crippen LogP) is 8.02. The van der Waals surface area contributed by atoms with Crippen LogP contribution in [0.4, 0.5) is 17.3 Å². The van der Waals surface area contributed by atoms with Gasteiger partial charge >= 0.3 is 7.25 Å². The number of aryl methyl sites for hydroxylation is 2. The molecule has 0 bridgehead atoms. The normalized spacial score (nSPS) is 12.1. The number of halogens is 4. The second-order valence-corrected chi connectivity index (χ2v) is 7.49. The van der Waals surface area contributed by atoms with E-state index < -0.39 is 7.25 Å². The molecule has 2 nitrogen and oxygen atoms in total. The van der Waals surface area contributed by atoms with E-state index in [-0.39, 0.29) is 0 Å². The summed E-state index contributed by atoms with van der Waals surface area (Å²) in [5.41, 5.74) is 6.11. The van der Waals surface area contributed by atoms with Gasteiger partial charge in [-0.15, -0.1) is 0 Å². The summed E-state index contributed by atoms with van der Waals surface area (Å²) in [4.78, 5) is 2.38. The van der Waals surface area contributed by atoms with Crippen molar-refractivity contribution < 1.29 is 22.0 Å². The lowest BCUT2D eigenvalue weighted by atomic mass is 10.1. The fraction of sp³-hybridized carbons (Fsp3) is 0.296. The van der Waals surface area contributed by atoms with E-state index in [0.717, 1.165) is 24.8 Å². The molecule has 0 saturated carbocycles. The van der Waals surface area contributed by atoms with Crippen LogP contribution in [-0.4, -0.2) is 31.9 Å². The number of benzene rings is 2. The van der Waals surface area contributed by atoms with Gasteiger partial charge in [0.15, 0.2) is 6.10 Å². The van der Waals surface area contributed by atoms with Crippen molar-refractivity contribution in [2.45, 2.75) is 34.6 Å². The fourth-order valence-corrected chi connectivity index (χ4v) is 3.13. The minimum atomic E-state index is -6.00. The lowest BCUT2D eigenvalue weighted by Gasteiger charge is -2.24. The van der Waals surface area contributed by atoms with Crippen molar-refractivity contribution in [2.24, 2.45) is 0 Å². The minimum Gasteiger partial charge on any atom is -0.418 e. The first-order valence-corrected chi connectivity index (χ1v) is 11.4. The number of nitrogens with zero attached hydrogens (tertiary/aromatic N) is 1. The molecule has 0 aliphatic heterocycles. The van der Waals surface area contributed by atoms with Gasteiger partial charge in [0.2, 0.25) is 0 Å². The highest BCUT2D eigenvalue weighted by molar-refractivity contribution is 6.50. The summed E-state index contributed by atoms with van der Waals surface area (Å²) in [6.07, 6.45) is 11.3. The Morgan fingerprint density at radius 2 is 1.32 bits per heavy atom. The quantitative estimate of drug-likeness (QED) is 0.149. The van der Waals surface area contributed by atoms with Crippen LogP contribution in [0.1, 0.15) is 43.0 Å². The molecule has 2 aromatic carbocycles. The van der Waals surface area contributed by atoms with Gasteiger partial charge in [-0.05, 0) is 70.0 Å². The Kier molecular flexibility index (Phi) is 12.9. The van der Waals surface area contributed by atoms with Crippen molar-refractivity contribution in [1.29, 1.82) is 0 Å². The maximum Gasteiger partial charge on any atom is 0.673 e. The van der Waals surface area contributed by atoms with Crippen LogP contribution >= 0.6 is 0 Å². The first kappa shape index (κ1) is 29.1. The highest BCUT2D eigenvalue weighted by atomic mass is 19.5. The Labute approximate surface area is 201 Å². The lowest BCUT2D eigenvalue weighted by Crippen LogP contribution is -2.21. The van der Waals surface area contributed by atoms with Gasteiger partial charge < -0.3 is 22.2 Å². The zero-order valence-electron chi connectivity index (χ0n) is 20.6. The van der Waals surface area contributed by atoms with Crippen LogP contribution in [0, 0.1) is 20.0 Å². The molecule has 0 fully saturated rings. The number of allylic oxidation sites excluding steroid dienone is 4. The van der Waals surface area contributed by atoms with Crippen molar-refractivity contribution in [3.63, 3.8) is 0 Å². The Morgan fingerprint density at radius 1 is 0.824 bits per heavy atom. The summed E-state index contributed by atoms with van der Waals surface area (Å²) >= 11 is 0. The Bertz CT molecular complexity index is 909. The smallest absolute Gasteiger partial charge is 0.418 e. The summed E-state index contributed by atoms with van der Waals surface area (Å²) < 4.78 is 44.8. The lowest BCUT2D eigenvalue weighted by molar-refractivity contribution is 0.195. The first-order valence-electron chi connectivity index (χ1n) is 11.4. The molecular formula is C27H34BF4NO. The maximum absolute atomic E-state index is 9.75. The fourth-order valence-electron chi connectivity index (χ4n) is 3.13. The van der Waals surface area contributed by atoms with Gasteiger partial charge in [-0.1, -0.05) is 35.9 Å². The van der Waals surface area contributed by atoms with Gasteiger partial charge in [0.1, 0.15) is 5.56 Å². The third-order valence-electron chi connectivity index (χ3n) is 4.81. The van der Waals surface area contributed by atoms with Crippen molar-refractivity contribution in [3.05, 3.63) is 107 Å². The van der Waals surface area contributed by atoms with Crippen LogP contribution in [-0.2, 0) is 4.74 Å². The molecule has 0 N–H and O–H groups in total. The van der Waals surface area contributed by atoms with Gasteiger partial charge in [-0.3, -0.25) is 4.74 Å². The maximum atomic E-state index is 9.75. The summed E-state index contributed by atoms with van der Waals surface area (Å²) in [7, 11) is -6.00. The molecular weight excluding hydrogens is 441 g/mol. The van der Waals surface area contributed by atoms with Gasteiger partial charge in [-0.25, -0.2) is 0 Å². The zero-order valence-corrected chi connectivity index (χ0v) is 20.6. The third kappa shape index (κ3) is 11.8. The second-order valence-electron chi connectivity index (χ2n) is 7.49. The van der Waals surface area contributed by atoms with Crippen LogP contribution in [0.2, 0.25) is 0 Å². The third-order valence-corrected chi connectivity index (χ3v) is 4.81. The van der Waals surface area contributed by atoms with E-state index in [2.05, 4.69) is 99.4 Å². The molecule has 184 valence electrons. The van der Waals surface area contributed by atoms with E-state index in [1.165, 1.54) is 22.4 Å². The van der Waals surface area contributed by atoms with Crippen molar-refractivity contribution >= 4 is 13.0 Å². The van der Waals surface area contributed by atoms with Crippen LogP contribution in [0.15, 0.2) is 78.9 Å². The van der Waals surface area contributed by atoms with Crippen LogP contribution in [0.3, 0.4) is 0 Å². The second kappa shape index (κ2) is 15.1. The van der Waals surface area contributed by atoms with E-state index in [1.807, 2.05) is 19.1 Å². The number of hydrogen-bond donors (Lipinski definition) is 0. The van der Waals surface area contributed by atoms with Crippen molar-refractivity contribution in [2.75, 3.05) is 19.7 Å². The Balaban J connectivity index is 0.00000104. The first-order chi connectivity index (χ1) is 16.1. The summed E-state index contributed by atoms with van der Waals surface area (Å²) in [6.45, 7) is 13.2. The van der Waals surface area contributed by atoms with E-state index in [0.29, 0.717) is 6.61 Å². The van der Waals surface area contributed by atoms with E-state index in [9.17, 15) is 17.3 Å². The van der Waals surface area contributed by atoms with Crippen LogP contribution in [0.25, 0.3) is 5.70 Å².